The zero-order valence-corrected chi connectivity index (χ0v) is 12.6. The van der Waals surface area contributed by atoms with E-state index in [9.17, 15) is 0 Å². The molecule has 0 aromatic heterocycles. The lowest BCUT2D eigenvalue weighted by molar-refractivity contribution is 0.655. The number of anilines is 1. The van der Waals surface area contributed by atoms with Crippen LogP contribution in [0.2, 0.25) is 0 Å². The third kappa shape index (κ3) is 2.27. The Labute approximate surface area is 125 Å². The molecule has 20 heavy (non-hydrogen) atoms. The number of nitrogens with zero attached hydrogens (tertiary/aromatic N) is 1. The molecule has 0 bridgehead atoms. The first-order valence-corrected chi connectivity index (χ1v) is 7.63. The van der Waals surface area contributed by atoms with Gasteiger partial charge in [0.05, 0.1) is 0 Å². The van der Waals surface area contributed by atoms with E-state index in [1.54, 1.807) is 0 Å². The molecule has 1 fully saturated rings. The van der Waals surface area contributed by atoms with Crippen molar-refractivity contribution in [2.75, 3.05) is 11.9 Å². The predicted octanol–water partition coefficient (Wildman–Crippen LogP) is 3.85. The van der Waals surface area contributed by atoms with Gasteiger partial charge in [0, 0.05) is 29.7 Å². The van der Waals surface area contributed by atoms with Gasteiger partial charge in [0.1, 0.15) is 4.99 Å². The highest BCUT2D eigenvalue weighted by molar-refractivity contribution is 7.80. The van der Waals surface area contributed by atoms with Crippen molar-refractivity contribution in [3.63, 3.8) is 0 Å². The van der Waals surface area contributed by atoms with E-state index in [1.165, 1.54) is 36.8 Å². The summed E-state index contributed by atoms with van der Waals surface area (Å²) >= 11 is 5.17. The Kier molecular flexibility index (Phi) is 3.62. The van der Waals surface area contributed by atoms with Gasteiger partial charge in [-0.1, -0.05) is 49.3 Å². The van der Waals surface area contributed by atoms with E-state index in [0.29, 0.717) is 11.0 Å². The third-order valence-corrected chi connectivity index (χ3v) is 4.64. The molecule has 0 aliphatic heterocycles. The largest absolute Gasteiger partial charge is 0.389 e. The van der Waals surface area contributed by atoms with Crippen molar-refractivity contribution in [2.45, 2.75) is 31.7 Å². The summed E-state index contributed by atoms with van der Waals surface area (Å²) in [6, 6.07) is 13.3. The van der Waals surface area contributed by atoms with Crippen LogP contribution < -0.4 is 10.6 Å². The fourth-order valence-corrected chi connectivity index (χ4v) is 3.47. The van der Waals surface area contributed by atoms with Gasteiger partial charge < -0.3 is 10.6 Å². The predicted molar refractivity (Wildman–Crippen MR) is 90.5 cm³/mol. The molecule has 1 aliphatic rings. The van der Waals surface area contributed by atoms with Crippen LogP contribution >= 0.6 is 12.2 Å². The number of fused-ring (bicyclic) bond motifs is 1. The van der Waals surface area contributed by atoms with Gasteiger partial charge in [-0.3, -0.25) is 0 Å². The molecule has 2 aromatic rings. The second-order valence-corrected chi connectivity index (χ2v) is 6.03. The minimum Gasteiger partial charge on any atom is -0.389 e. The molecule has 0 saturated heterocycles. The van der Waals surface area contributed by atoms with Crippen LogP contribution in [0.25, 0.3) is 10.8 Å². The number of rotatable bonds is 3. The van der Waals surface area contributed by atoms with E-state index < -0.39 is 0 Å². The Morgan fingerprint density at radius 3 is 2.40 bits per heavy atom. The van der Waals surface area contributed by atoms with Gasteiger partial charge in [0.15, 0.2) is 0 Å². The molecule has 0 radical (unpaired) electrons. The van der Waals surface area contributed by atoms with E-state index in [-0.39, 0.29) is 0 Å². The second kappa shape index (κ2) is 5.41. The van der Waals surface area contributed by atoms with Crippen LogP contribution in [0.5, 0.6) is 0 Å². The molecule has 1 aliphatic carbocycles. The summed E-state index contributed by atoms with van der Waals surface area (Å²) < 4.78 is 0. The van der Waals surface area contributed by atoms with Crippen molar-refractivity contribution in [2.24, 2.45) is 5.73 Å². The van der Waals surface area contributed by atoms with Gasteiger partial charge in [-0.05, 0) is 30.4 Å². The molecule has 0 amide bonds. The molecule has 104 valence electrons. The van der Waals surface area contributed by atoms with Crippen LogP contribution in [-0.4, -0.2) is 18.1 Å². The van der Waals surface area contributed by atoms with Crippen molar-refractivity contribution in [3.8, 4) is 0 Å². The molecular weight excluding hydrogens is 264 g/mol. The van der Waals surface area contributed by atoms with Crippen molar-refractivity contribution in [1.82, 2.24) is 0 Å². The summed E-state index contributed by atoms with van der Waals surface area (Å²) in [5, 5.41) is 2.40. The molecule has 0 spiro atoms. The van der Waals surface area contributed by atoms with Crippen LogP contribution in [0.1, 0.15) is 31.2 Å². The number of hydrogen-bond acceptors (Lipinski definition) is 2. The quantitative estimate of drug-likeness (QED) is 0.868. The SMILES string of the molecule is CN(c1ccc(C(N)=S)c2ccccc12)C1CCCC1. The molecule has 2 N–H and O–H groups in total. The van der Waals surface area contributed by atoms with Crippen molar-refractivity contribution >= 4 is 33.7 Å². The minimum atomic E-state index is 0.469. The fourth-order valence-electron chi connectivity index (χ4n) is 3.29. The lowest BCUT2D eigenvalue weighted by atomic mass is 10.0. The molecule has 0 unspecified atom stereocenters. The highest BCUT2D eigenvalue weighted by atomic mass is 32.1. The molecule has 1 saturated carbocycles. The van der Waals surface area contributed by atoms with E-state index in [4.69, 9.17) is 18.0 Å². The summed E-state index contributed by atoms with van der Waals surface area (Å²) in [6.07, 6.45) is 5.28. The number of benzene rings is 2. The zero-order valence-electron chi connectivity index (χ0n) is 11.8. The fraction of sp³-hybridized carbons (Fsp3) is 0.353. The standard InChI is InChI=1S/C17H20N2S/c1-19(12-6-2-3-7-12)16-11-10-15(17(18)20)13-8-4-5-9-14(13)16/h4-5,8-12H,2-3,6-7H2,1H3,(H2,18,20). The molecule has 0 heterocycles. The smallest absolute Gasteiger partial charge is 0.104 e. The maximum absolute atomic E-state index is 5.85. The highest BCUT2D eigenvalue weighted by Crippen LogP contribution is 2.33. The second-order valence-electron chi connectivity index (χ2n) is 5.59. The first-order valence-electron chi connectivity index (χ1n) is 7.23. The Morgan fingerprint density at radius 2 is 1.75 bits per heavy atom. The highest BCUT2D eigenvalue weighted by Gasteiger charge is 2.21. The lowest BCUT2D eigenvalue weighted by Crippen LogP contribution is -2.29. The Morgan fingerprint density at radius 1 is 1.10 bits per heavy atom. The average Bonchev–Trinajstić information content (AvgIpc) is 2.99. The summed E-state index contributed by atoms with van der Waals surface area (Å²) in [6.45, 7) is 0. The van der Waals surface area contributed by atoms with Crippen LogP contribution in [0, 0.1) is 0 Å². The van der Waals surface area contributed by atoms with Crippen LogP contribution in [0.3, 0.4) is 0 Å². The van der Waals surface area contributed by atoms with Crippen molar-refractivity contribution in [1.29, 1.82) is 0 Å². The van der Waals surface area contributed by atoms with E-state index in [0.717, 1.165) is 10.9 Å². The summed E-state index contributed by atoms with van der Waals surface area (Å²) in [5.74, 6) is 0. The minimum absolute atomic E-state index is 0.469. The molecule has 2 aromatic carbocycles. The Balaban J connectivity index is 2.12. The molecular formula is C17H20N2S. The van der Waals surface area contributed by atoms with Gasteiger partial charge >= 0.3 is 0 Å². The summed E-state index contributed by atoms with van der Waals surface area (Å²) in [4.78, 5) is 2.90. The first-order chi connectivity index (χ1) is 9.68. The Bertz CT molecular complexity index is 644. The van der Waals surface area contributed by atoms with Gasteiger partial charge in [-0.2, -0.15) is 0 Å². The van der Waals surface area contributed by atoms with Gasteiger partial charge in [-0.15, -0.1) is 0 Å². The van der Waals surface area contributed by atoms with Crippen LogP contribution in [0.15, 0.2) is 36.4 Å². The van der Waals surface area contributed by atoms with Gasteiger partial charge in [0.2, 0.25) is 0 Å². The monoisotopic (exact) mass is 284 g/mol. The number of thiocarbonyl (C=S) groups is 1. The number of hydrogen-bond donors (Lipinski definition) is 1. The molecule has 2 nitrogen and oxygen atoms in total. The summed E-state index contributed by atoms with van der Waals surface area (Å²) in [7, 11) is 2.21. The topological polar surface area (TPSA) is 29.3 Å². The van der Waals surface area contributed by atoms with Crippen LogP contribution in [-0.2, 0) is 0 Å². The van der Waals surface area contributed by atoms with E-state index in [2.05, 4.69) is 42.3 Å². The summed E-state index contributed by atoms with van der Waals surface area (Å²) in [5.41, 5.74) is 8.10. The van der Waals surface area contributed by atoms with Gasteiger partial charge in [0.25, 0.3) is 0 Å². The van der Waals surface area contributed by atoms with E-state index >= 15 is 0 Å². The van der Waals surface area contributed by atoms with Crippen molar-refractivity contribution < 1.29 is 0 Å². The maximum atomic E-state index is 5.85. The number of nitrogens with two attached hydrogens (primary N) is 1. The average molecular weight is 284 g/mol. The lowest BCUT2D eigenvalue weighted by Gasteiger charge is -2.28. The van der Waals surface area contributed by atoms with E-state index in [1.807, 2.05) is 6.07 Å². The zero-order chi connectivity index (χ0) is 14.1. The normalized spacial score (nSPS) is 15.7. The van der Waals surface area contributed by atoms with Crippen LogP contribution in [0.4, 0.5) is 5.69 Å². The third-order valence-electron chi connectivity index (χ3n) is 4.42. The first kappa shape index (κ1) is 13.4. The molecule has 3 rings (SSSR count). The Hall–Kier alpha value is -1.61. The van der Waals surface area contributed by atoms with Gasteiger partial charge in [-0.25, -0.2) is 0 Å². The molecule has 0 atom stereocenters. The van der Waals surface area contributed by atoms with Crippen molar-refractivity contribution in [3.05, 3.63) is 42.0 Å². The maximum Gasteiger partial charge on any atom is 0.104 e. The molecule has 3 heteroatoms.